The van der Waals surface area contributed by atoms with Gasteiger partial charge in [-0.1, -0.05) is 12.6 Å². The van der Waals surface area contributed by atoms with Gasteiger partial charge < -0.3 is 19.9 Å². The van der Waals surface area contributed by atoms with E-state index in [9.17, 15) is 22.4 Å². The molecule has 32 heavy (non-hydrogen) atoms. The number of carbonyl (C=O) groups is 1. The number of morpholine rings is 1. The van der Waals surface area contributed by atoms with Gasteiger partial charge in [-0.05, 0) is 49.3 Å². The number of urea groups is 1. The van der Waals surface area contributed by atoms with Crippen LogP contribution >= 0.6 is 0 Å². The minimum absolute atomic E-state index is 0.0217. The summed E-state index contributed by atoms with van der Waals surface area (Å²) in [5.41, 5.74) is 0.129. The van der Waals surface area contributed by atoms with E-state index in [-0.39, 0.29) is 41.5 Å². The summed E-state index contributed by atoms with van der Waals surface area (Å²) in [4.78, 5) is 16.6. The zero-order valence-corrected chi connectivity index (χ0v) is 17.8. The Kier molecular flexibility index (Phi) is 5.15. The third-order valence-electron chi connectivity index (χ3n) is 7.33. The molecule has 1 saturated carbocycles. The van der Waals surface area contributed by atoms with Crippen molar-refractivity contribution in [2.75, 3.05) is 32.8 Å². The number of hydrogen-bond donors (Lipinski definition) is 1. The number of carbonyl (C=O) groups excluding carboxylic acids is 1. The maximum absolute atomic E-state index is 13.3. The van der Waals surface area contributed by atoms with Gasteiger partial charge in [0.25, 0.3) is 0 Å². The van der Waals surface area contributed by atoms with Crippen LogP contribution in [0.2, 0.25) is 0 Å². The van der Waals surface area contributed by atoms with Crippen molar-refractivity contribution >= 4 is 6.03 Å². The molecule has 174 valence electrons. The normalized spacial score (nSPS) is 27.4. The minimum atomic E-state index is -4.56. The summed E-state index contributed by atoms with van der Waals surface area (Å²) in [5.74, 6) is -0.744. The number of nitrogens with zero attached hydrogens (tertiary/aromatic N) is 2. The zero-order chi connectivity index (χ0) is 22.7. The average molecular weight is 453 g/mol. The Morgan fingerprint density at radius 3 is 2.72 bits per heavy atom. The first-order chi connectivity index (χ1) is 15.1. The van der Waals surface area contributed by atoms with E-state index in [4.69, 9.17) is 4.74 Å². The number of benzene rings is 1. The van der Waals surface area contributed by atoms with Crippen molar-refractivity contribution in [3.63, 3.8) is 0 Å². The summed E-state index contributed by atoms with van der Waals surface area (Å²) >= 11 is 0. The third-order valence-corrected chi connectivity index (χ3v) is 7.33. The molecule has 1 N–H and O–H groups in total. The highest BCUT2D eigenvalue weighted by Crippen LogP contribution is 2.53. The Morgan fingerprint density at radius 1 is 1.25 bits per heavy atom. The molecule has 9 heteroatoms. The number of halogens is 4. The van der Waals surface area contributed by atoms with Crippen LogP contribution in [0, 0.1) is 17.2 Å². The van der Waals surface area contributed by atoms with Crippen LogP contribution in [-0.4, -0.2) is 60.8 Å². The van der Waals surface area contributed by atoms with Crippen LogP contribution in [0.25, 0.3) is 0 Å². The molecular formula is C23H27F4N3O2. The van der Waals surface area contributed by atoms with E-state index in [1.165, 1.54) is 6.07 Å². The predicted octanol–water partition coefficient (Wildman–Crippen LogP) is 3.80. The van der Waals surface area contributed by atoms with Gasteiger partial charge in [0.2, 0.25) is 0 Å². The molecule has 4 fully saturated rings. The molecule has 1 aliphatic carbocycles. The van der Waals surface area contributed by atoms with Crippen molar-refractivity contribution in [1.29, 1.82) is 0 Å². The molecule has 3 saturated heterocycles. The number of piperidine rings is 1. The van der Waals surface area contributed by atoms with Crippen molar-refractivity contribution in [1.82, 2.24) is 15.1 Å². The number of rotatable bonds is 2. The van der Waals surface area contributed by atoms with Gasteiger partial charge in [0.1, 0.15) is 5.82 Å². The molecule has 5 rings (SSSR count). The Labute approximate surface area is 184 Å². The van der Waals surface area contributed by atoms with Gasteiger partial charge in [-0.15, -0.1) is 0 Å². The Morgan fingerprint density at radius 2 is 2.00 bits per heavy atom. The fraction of sp³-hybridized carbons (Fsp3) is 0.609. The molecule has 5 nitrogen and oxygen atoms in total. The van der Waals surface area contributed by atoms with E-state index in [2.05, 4.69) is 11.9 Å². The van der Waals surface area contributed by atoms with Crippen molar-refractivity contribution in [3.8, 4) is 0 Å². The largest absolute Gasteiger partial charge is 0.416 e. The topological polar surface area (TPSA) is 44.8 Å². The highest BCUT2D eigenvalue weighted by molar-refractivity contribution is 5.76. The zero-order valence-electron chi connectivity index (χ0n) is 17.8. The van der Waals surface area contributed by atoms with Gasteiger partial charge in [0.15, 0.2) is 0 Å². The summed E-state index contributed by atoms with van der Waals surface area (Å²) in [6.45, 7) is 6.96. The van der Waals surface area contributed by atoms with Crippen LogP contribution in [0.4, 0.5) is 22.4 Å². The summed E-state index contributed by atoms with van der Waals surface area (Å²) in [6, 6.07) is 3.01. The smallest absolute Gasteiger partial charge is 0.380 e. The second-order valence-electron chi connectivity index (χ2n) is 9.85. The summed E-state index contributed by atoms with van der Waals surface area (Å²) in [5, 5.41) is 3.33. The van der Waals surface area contributed by atoms with E-state index in [1.54, 1.807) is 0 Å². The number of hydrogen-bond acceptors (Lipinski definition) is 3. The van der Waals surface area contributed by atoms with Crippen LogP contribution in [-0.2, 0) is 17.3 Å². The fourth-order valence-electron chi connectivity index (χ4n) is 5.92. The lowest BCUT2D eigenvalue weighted by molar-refractivity contribution is -0.138. The molecule has 1 aromatic carbocycles. The summed E-state index contributed by atoms with van der Waals surface area (Å²) in [7, 11) is 0. The molecule has 3 heterocycles. The predicted molar refractivity (Wildman–Crippen MR) is 109 cm³/mol. The van der Waals surface area contributed by atoms with Crippen LogP contribution in [0.1, 0.15) is 30.4 Å². The molecule has 2 amide bonds. The van der Waals surface area contributed by atoms with Crippen LogP contribution in [0.5, 0.6) is 0 Å². The molecule has 2 atom stereocenters. The highest BCUT2D eigenvalue weighted by atomic mass is 19.4. The maximum atomic E-state index is 13.3. The van der Waals surface area contributed by atoms with Crippen LogP contribution < -0.4 is 5.32 Å². The quantitative estimate of drug-likeness (QED) is 0.693. The van der Waals surface area contributed by atoms with E-state index in [0.29, 0.717) is 38.9 Å². The molecule has 1 spiro atoms. The van der Waals surface area contributed by atoms with Crippen LogP contribution in [0.3, 0.4) is 0 Å². The van der Waals surface area contributed by atoms with Gasteiger partial charge in [0, 0.05) is 37.3 Å². The minimum Gasteiger partial charge on any atom is -0.380 e. The molecule has 1 aromatic rings. The Hall–Kier alpha value is -2.29. The number of ether oxygens (including phenoxy) is 1. The van der Waals surface area contributed by atoms with E-state index in [0.717, 1.165) is 31.0 Å². The summed E-state index contributed by atoms with van der Waals surface area (Å²) in [6.07, 6.45) is -1.78. The molecule has 3 aliphatic heterocycles. The first kappa shape index (κ1) is 21.6. The van der Waals surface area contributed by atoms with E-state index in [1.807, 2.05) is 9.80 Å². The third kappa shape index (κ3) is 3.95. The number of likely N-dealkylation sites (tertiary alicyclic amines) is 2. The van der Waals surface area contributed by atoms with Gasteiger partial charge in [-0.3, -0.25) is 0 Å². The highest BCUT2D eigenvalue weighted by Gasteiger charge is 2.54. The second kappa shape index (κ2) is 7.64. The van der Waals surface area contributed by atoms with Gasteiger partial charge in [-0.2, -0.15) is 13.2 Å². The lowest BCUT2D eigenvalue weighted by atomic mass is 9.56. The molecule has 0 aromatic heterocycles. The average Bonchev–Trinajstić information content (AvgIpc) is 2.68. The molecular weight excluding hydrogens is 426 g/mol. The van der Waals surface area contributed by atoms with Gasteiger partial charge in [0.05, 0.1) is 24.3 Å². The lowest BCUT2D eigenvalue weighted by Gasteiger charge is -2.60. The first-order valence-corrected chi connectivity index (χ1v) is 11.1. The SMILES string of the molecule is C=C1CO[C@H]2CCN(C(=O)N3CC4(CC(Cc5ccc(F)cc5C(F)(F)F)C4)C3)C[C@H]2N1. The molecule has 4 aliphatic rings. The molecule has 0 radical (unpaired) electrons. The standard InChI is InChI=1S/C23H27F4N3O2/c1-14-11-32-20-4-5-29(10-19(20)28-14)21(31)30-12-22(13-30)8-15(9-22)6-16-2-3-17(24)7-18(16)23(25,26)27/h2-3,7,15,19-20,28H,1,4-6,8-13H2/t19-,20+/m1/s1. The first-order valence-electron chi connectivity index (χ1n) is 11.1. The Balaban J connectivity index is 1.13. The van der Waals surface area contributed by atoms with Crippen molar-refractivity contribution in [2.24, 2.45) is 11.3 Å². The van der Waals surface area contributed by atoms with Gasteiger partial charge in [-0.25, -0.2) is 9.18 Å². The number of nitrogens with one attached hydrogen (secondary N) is 1. The number of alkyl halides is 3. The number of fused-ring (bicyclic) bond motifs is 1. The van der Waals surface area contributed by atoms with Crippen molar-refractivity contribution in [3.05, 3.63) is 47.4 Å². The van der Waals surface area contributed by atoms with E-state index >= 15 is 0 Å². The fourth-order valence-corrected chi connectivity index (χ4v) is 5.92. The Bertz CT molecular complexity index is 920. The van der Waals surface area contributed by atoms with E-state index < -0.39 is 17.6 Å². The van der Waals surface area contributed by atoms with Crippen LogP contribution in [0.15, 0.2) is 30.5 Å². The van der Waals surface area contributed by atoms with Crippen molar-refractivity contribution < 1.29 is 27.1 Å². The van der Waals surface area contributed by atoms with Crippen molar-refractivity contribution in [2.45, 2.75) is 44.0 Å². The molecule has 0 bridgehead atoms. The lowest BCUT2D eigenvalue weighted by Crippen LogP contribution is -2.68. The van der Waals surface area contributed by atoms with Gasteiger partial charge >= 0.3 is 12.2 Å². The molecule has 0 unspecified atom stereocenters. The maximum Gasteiger partial charge on any atom is 0.416 e. The number of amides is 2. The second-order valence-corrected chi connectivity index (χ2v) is 9.85. The monoisotopic (exact) mass is 453 g/mol. The summed E-state index contributed by atoms with van der Waals surface area (Å²) < 4.78 is 58.8.